The molecule has 2 aromatic heterocycles. The highest BCUT2D eigenvalue weighted by atomic mass is 35.5. The Morgan fingerprint density at radius 1 is 1.14 bits per heavy atom. The fourth-order valence-electron chi connectivity index (χ4n) is 3.34. The van der Waals surface area contributed by atoms with Gasteiger partial charge in [-0.2, -0.15) is 0 Å². The van der Waals surface area contributed by atoms with Crippen LogP contribution in [0.4, 0.5) is 11.4 Å². The number of halogens is 1. The minimum Gasteiger partial charge on any atom is -0.495 e. The largest absolute Gasteiger partial charge is 0.495 e. The zero-order chi connectivity index (χ0) is 25.1. The van der Waals surface area contributed by atoms with E-state index in [9.17, 15) is 19.7 Å². The maximum absolute atomic E-state index is 13.1. The summed E-state index contributed by atoms with van der Waals surface area (Å²) >= 11 is 7.38. The molecule has 0 aliphatic carbocycles. The number of hydrogen-bond donors (Lipinski definition) is 1. The molecule has 0 unspecified atom stereocenters. The second kappa shape index (κ2) is 10.1. The quantitative estimate of drug-likeness (QED) is 0.191. The molecule has 0 radical (unpaired) electrons. The van der Waals surface area contributed by atoms with Crippen molar-refractivity contribution in [3.8, 4) is 16.3 Å². The first-order chi connectivity index (χ1) is 16.8. The average molecular weight is 512 g/mol. The van der Waals surface area contributed by atoms with Gasteiger partial charge < -0.3 is 14.8 Å². The third-order valence-electron chi connectivity index (χ3n) is 5.07. The first kappa shape index (κ1) is 24.1. The van der Waals surface area contributed by atoms with Crippen LogP contribution >= 0.6 is 22.9 Å². The number of esters is 1. The number of rotatable bonds is 7. The molecule has 2 aromatic carbocycles. The molecule has 1 N–H and O–H groups in total. The molecular formula is C24H18ClN3O6S. The fourth-order valence-corrected chi connectivity index (χ4v) is 4.35. The van der Waals surface area contributed by atoms with Gasteiger partial charge in [0, 0.05) is 17.5 Å². The standard InChI is InChI=1S/C24H18ClN3O6S/c1-13(23(29)27-18-11-14(28(31)32)7-8-20(18)33-2)34-24(30)16-12-19(21-9-10-22(25)35-21)26-17-6-4-3-5-15(16)17/h3-13H,1-2H3,(H,27,29)/t13-/m0/s1. The Bertz CT molecular complexity index is 1450. The lowest BCUT2D eigenvalue weighted by Gasteiger charge is -2.16. The predicted octanol–water partition coefficient (Wildman–Crippen LogP) is 5.72. The average Bonchev–Trinajstić information content (AvgIpc) is 3.29. The van der Waals surface area contributed by atoms with Gasteiger partial charge in [-0.05, 0) is 37.3 Å². The van der Waals surface area contributed by atoms with Gasteiger partial charge in [0.1, 0.15) is 5.75 Å². The number of aromatic nitrogens is 1. The van der Waals surface area contributed by atoms with Gasteiger partial charge in [0.25, 0.3) is 11.6 Å². The number of nitrogens with one attached hydrogen (secondary N) is 1. The van der Waals surface area contributed by atoms with Crippen molar-refractivity contribution < 1.29 is 24.0 Å². The van der Waals surface area contributed by atoms with Gasteiger partial charge >= 0.3 is 5.97 Å². The molecule has 0 saturated heterocycles. The molecule has 178 valence electrons. The Kier molecular flexibility index (Phi) is 6.94. The van der Waals surface area contributed by atoms with E-state index in [1.165, 1.54) is 43.6 Å². The minimum atomic E-state index is -1.21. The summed E-state index contributed by atoms with van der Waals surface area (Å²) in [6, 6.07) is 16.0. The van der Waals surface area contributed by atoms with E-state index in [4.69, 9.17) is 21.1 Å². The number of para-hydroxylation sites is 1. The van der Waals surface area contributed by atoms with Crippen LogP contribution in [0, 0.1) is 10.1 Å². The summed E-state index contributed by atoms with van der Waals surface area (Å²) in [5, 5.41) is 14.2. The second-order valence-electron chi connectivity index (χ2n) is 7.35. The number of fused-ring (bicyclic) bond motifs is 1. The molecule has 0 aliphatic rings. The number of pyridine rings is 1. The summed E-state index contributed by atoms with van der Waals surface area (Å²) in [6.07, 6.45) is -1.21. The number of non-ortho nitro benzene ring substituents is 1. The van der Waals surface area contributed by atoms with E-state index in [0.717, 1.165) is 4.88 Å². The first-order valence-corrected chi connectivity index (χ1v) is 11.5. The molecule has 4 rings (SSSR count). The lowest BCUT2D eigenvalue weighted by Crippen LogP contribution is -2.30. The smallest absolute Gasteiger partial charge is 0.339 e. The van der Waals surface area contributed by atoms with Gasteiger partial charge in [0.05, 0.1) is 43.7 Å². The highest BCUT2D eigenvalue weighted by Gasteiger charge is 2.23. The lowest BCUT2D eigenvalue weighted by molar-refractivity contribution is -0.384. The Labute approximate surface area is 208 Å². The number of nitro groups is 1. The van der Waals surface area contributed by atoms with Crippen LogP contribution in [0.1, 0.15) is 17.3 Å². The fraction of sp³-hybridized carbons (Fsp3) is 0.125. The molecule has 35 heavy (non-hydrogen) atoms. The first-order valence-electron chi connectivity index (χ1n) is 10.3. The van der Waals surface area contributed by atoms with Crippen molar-refractivity contribution in [1.82, 2.24) is 4.98 Å². The third kappa shape index (κ3) is 5.23. The zero-order valence-electron chi connectivity index (χ0n) is 18.5. The van der Waals surface area contributed by atoms with E-state index < -0.39 is 22.9 Å². The number of nitro benzene ring substituents is 1. The maximum atomic E-state index is 13.1. The van der Waals surface area contributed by atoms with Crippen molar-refractivity contribution >= 4 is 57.1 Å². The monoisotopic (exact) mass is 511 g/mol. The molecule has 9 nitrogen and oxygen atoms in total. The van der Waals surface area contributed by atoms with E-state index in [1.54, 1.807) is 36.4 Å². The molecule has 0 saturated carbocycles. The van der Waals surface area contributed by atoms with Crippen molar-refractivity contribution in [2.45, 2.75) is 13.0 Å². The van der Waals surface area contributed by atoms with Gasteiger partial charge in [0.2, 0.25) is 0 Å². The highest BCUT2D eigenvalue weighted by molar-refractivity contribution is 7.19. The van der Waals surface area contributed by atoms with Gasteiger partial charge in [-0.1, -0.05) is 29.8 Å². The normalized spacial score (nSPS) is 11.6. The Morgan fingerprint density at radius 3 is 2.60 bits per heavy atom. The Hall–Kier alpha value is -4.02. The summed E-state index contributed by atoms with van der Waals surface area (Å²) in [6.45, 7) is 1.40. The maximum Gasteiger partial charge on any atom is 0.339 e. The van der Waals surface area contributed by atoms with Gasteiger partial charge in [-0.3, -0.25) is 14.9 Å². The number of anilines is 1. The molecule has 0 bridgehead atoms. The SMILES string of the molecule is COc1ccc([N+](=O)[O-])cc1NC(=O)[C@H](C)OC(=O)c1cc(-c2ccc(Cl)s2)nc2ccccc12. The number of benzene rings is 2. The van der Waals surface area contributed by atoms with Crippen LogP contribution in [0.5, 0.6) is 5.75 Å². The van der Waals surface area contributed by atoms with Gasteiger partial charge in [-0.25, -0.2) is 9.78 Å². The van der Waals surface area contributed by atoms with Crippen molar-refractivity contribution in [2.24, 2.45) is 0 Å². The van der Waals surface area contributed by atoms with Crippen LogP contribution in [0.15, 0.2) is 60.7 Å². The molecule has 4 aromatic rings. The predicted molar refractivity (Wildman–Crippen MR) is 133 cm³/mol. The molecule has 0 aliphatic heterocycles. The van der Waals surface area contributed by atoms with E-state index in [0.29, 0.717) is 20.9 Å². The summed E-state index contributed by atoms with van der Waals surface area (Å²) in [7, 11) is 1.37. The molecule has 0 spiro atoms. The number of thiophene rings is 1. The number of ether oxygens (including phenoxy) is 2. The summed E-state index contributed by atoms with van der Waals surface area (Å²) in [5.41, 5.74) is 1.23. The van der Waals surface area contributed by atoms with E-state index in [2.05, 4.69) is 10.3 Å². The second-order valence-corrected chi connectivity index (χ2v) is 9.07. The molecule has 1 atom stereocenters. The van der Waals surface area contributed by atoms with Crippen LogP contribution in [-0.4, -0.2) is 35.0 Å². The van der Waals surface area contributed by atoms with Crippen LogP contribution in [-0.2, 0) is 9.53 Å². The molecule has 11 heteroatoms. The molecule has 2 heterocycles. The third-order valence-corrected chi connectivity index (χ3v) is 6.32. The van der Waals surface area contributed by atoms with E-state index >= 15 is 0 Å². The summed E-state index contributed by atoms with van der Waals surface area (Å²) in [4.78, 5) is 41.7. The van der Waals surface area contributed by atoms with Crippen molar-refractivity contribution in [3.05, 3.63) is 80.7 Å². The minimum absolute atomic E-state index is 0.0841. The Morgan fingerprint density at radius 2 is 1.91 bits per heavy atom. The van der Waals surface area contributed by atoms with E-state index in [-0.39, 0.29) is 22.7 Å². The van der Waals surface area contributed by atoms with Crippen LogP contribution in [0.25, 0.3) is 21.5 Å². The molecule has 0 fully saturated rings. The van der Waals surface area contributed by atoms with Gasteiger partial charge in [-0.15, -0.1) is 11.3 Å². The van der Waals surface area contributed by atoms with Crippen LogP contribution in [0.3, 0.4) is 0 Å². The molecular weight excluding hydrogens is 494 g/mol. The number of nitrogens with zero attached hydrogens (tertiary/aromatic N) is 2. The van der Waals surface area contributed by atoms with Crippen LogP contribution < -0.4 is 10.1 Å². The Balaban J connectivity index is 1.59. The number of carbonyl (C=O) groups is 2. The van der Waals surface area contributed by atoms with Crippen molar-refractivity contribution in [1.29, 1.82) is 0 Å². The van der Waals surface area contributed by atoms with Gasteiger partial charge in [0.15, 0.2) is 6.10 Å². The zero-order valence-corrected chi connectivity index (χ0v) is 20.1. The van der Waals surface area contributed by atoms with Crippen molar-refractivity contribution in [2.75, 3.05) is 12.4 Å². The summed E-state index contributed by atoms with van der Waals surface area (Å²) in [5.74, 6) is -1.18. The van der Waals surface area contributed by atoms with E-state index in [1.807, 2.05) is 6.07 Å². The molecule has 1 amide bonds. The number of hydrogen-bond acceptors (Lipinski definition) is 8. The topological polar surface area (TPSA) is 121 Å². The summed E-state index contributed by atoms with van der Waals surface area (Å²) < 4.78 is 11.2. The number of carbonyl (C=O) groups excluding carboxylic acids is 2. The highest BCUT2D eigenvalue weighted by Crippen LogP contribution is 2.33. The van der Waals surface area contributed by atoms with Crippen LogP contribution in [0.2, 0.25) is 4.34 Å². The number of amides is 1. The van der Waals surface area contributed by atoms with Crippen molar-refractivity contribution in [3.63, 3.8) is 0 Å². The number of methoxy groups -OCH3 is 1. The lowest BCUT2D eigenvalue weighted by atomic mass is 10.1.